The fourth-order valence-corrected chi connectivity index (χ4v) is 1.80. The van der Waals surface area contributed by atoms with E-state index in [0.717, 1.165) is 18.2 Å². The fraction of sp³-hybridized carbons (Fsp3) is 0.500. The van der Waals surface area contributed by atoms with E-state index in [4.69, 9.17) is 4.99 Å². The van der Waals surface area contributed by atoms with Crippen molar-refractivity contribution in [3.63, 3.8) is 0 Å². The van der Waals surface area contributed by atoms with Crippen LogP contribution < -0.4 is 0 Å². The second kappa shape index (κ2) is 10.1. The second-order valence-corrected chi connectivity index (χ2v) is 5.07. The summed E-state index contributed by atoms with van der Waals surface area (Å²) in [6.07, 6.45) is 0. The zero-order valence-corrected chi connectivity index (χ0v) is 14.7. The van der Waals surface area contributed by atoms with Gasteiger partial charge < -0.3 is 14.7 Å². The van der Waals surface area contributed by atoms with Gasteiger partial charge in [-0.05, 0) is 25.7 Å². The van der Waals surface area contributed by atoms with Gasteiger partial charge >= 0.3 is 25.2 Å². The number of guanidine groups is 1. The van der Waals surface area contributed by atoms with Crippen LogP contribution in [0.5, 0.6) is 0 Å². The van der Waals surface area contributed by atoms with E-state index < -0.39 is 0 Å². The molecule has 0 amide bonds. The third-order valence-corrected chi connectivity index (χ3v) is 2.50. The van der Waals surface area contributed by atoms with Crippen molar-refractivity contribution in [1.82, 2.24) is 14.7 Å². The van der Waals surface area contributed by atoms with Crippen LogP contribution in [0.1, 0.15) is 5.56 Å². The van der Waals surface area contributed by atoms with Crippen molar-refractivity contribution in [2.24, 2.45) is 4.99 Å². The van der Waals surface area contributed by atoms with Crippen LogP contribution in [-0.2, 0) is 21.6 Å². The van der Waals surface area contributed by atoms with Crippen LogP contribution in [0.3, 0.4) is 0 Å². The van der Waals surface area contributed by atoms with Crippen molar-refractivity contribution in [3.8, 4) is 0 Å². The zero-order valence-electron chi connectivity index (χ0n) is 13.0. The standard InChI is InChI=1S/C14H24N4.ClH.Cu/c1-16(2)11-12-9-7-8-10-13(12)15-14(17(3)4)18(5)6;;/h7-10H,11H2,1-6H3;1H;/q;;+1/p-1. The van der Waals surface area contributed by atoms with E-state index in [0.29, 0.717) is 0 Å². The number of rotatable bonds is 3. The van der Waals surface area contributed by atoms with E-state index >= 15 is 0 Å². The molecule has 0 unspecified atom stereocenters. The van der Waals surface area contributed by atoms with Crippen molar-refractivity contribution in [2.45, 2.75) is 6.54 Å². The minimum absolute atomic E-state index is 0.897. The quantitative estimate of drug-likeness (QED) is 0.477. The van der Waals surface area contributed by atoms with Crippen LogP contribution >= 0.6 is 10.1 Å². The number of para-hydroxylation sites is 1. The van der Waals surface area contributed by atoms with E-state index in [1.165, 1.54) is 5.56 Å². The number of hydrogen-bond acceptors (Lipinski definition) is 2. The number of hydrogen-bond donors (Lipinski definition) is 0. The van der Waals surface area contributed by atoms with Gasteiger partial charge in [-0.1, -0.05) is 18.2 Å². The molecule has 0 aromatic heterocycles. The Morgan fingerprint density at radius 1 is 1.00 bits per heavy atom. The summed E-state index contributed by atoms with van der Waals surface area (Å²) in [6.45, 7) is 0.897. The monoisotopic (exact) mass is 346 g/mol. The molecule has 0 aliphatic heterocycles. The molecule has 0 atom stereocenters. The number of halogens is 1. The van der Waals surface area contributed by atoms with Crippen molar-refractivity contribution in [3.05, 3.63) is 29.8 Å². The number of nitrogens with zero attached hydrogens (tertiary/aromatic N) is 4. The minimum atomic E-state index is 0.897. The maximum atomic E-state index is 4.75. The SMILES string of the molecule is CN(C)Cc1ccccc1N=C(N(C)C)N(C)C.[Cl][Cu]. The molecule has 0 saturated carbocycles. The van der Waals surface area contributed by atoms with Crippen molar-refractivity contribution < 1.29 is 15.1 Å². The topological polar surface area (TPSA) is 22.1 Å². The molecule has 118 valence electrons. The normalized spacial score (nSPS) is 9.70. The average molecular weight is 347 g/mol. The van der Waals surface area contributed by atoms with Gasteiger partial charge in [-0.2, -0.15) is 0 Å². The van der Waals surface area contributed by atoms with Crippen molar-refractivity contribution in [2.75, 3.05) is 42.3 Å². The molecule has 0 bridgehead atoms. The average Bonchev–Trinajstić information content (AvgIpc) is 2.38. The fourth-order valence-electron chi connectivity index (χ4n) is 1.80. The summed E-state index contributed by atoms with van der Waals surface area (Å²) >= 11 is 3.66. The molecule has 0 heterocycles. The van der Waals surface area contributed by atoms with Crippen LogP contribution in [0.15, 0.2) is 29.3 Å². The molecule has 0 aliphatic rings. The molecule has 0 fully saturated rings. The second-order valence-electron chi connectivity index (χ2n) is 5.07. The van der Waals surface area contributed by atoms with Gasteiger partial charge in [0.2, 0.25) is 5.96 Å². The third-order valence-electron chi connectivity index (χ3n) is 2.50. The van der Waals surface area contributed by atoms with Crippen LogP contribution in [-0.4, -0.2) is 62.9 Å². The Balaban J connectivity index is 0.00000172. The summed E-state index contributed by atoms with van der Waals surface area (Å²) in [5, 5.41) is 0. The molecule has 6 heteroatoms. The first-order valence-corrected chi connectivity index (χ1v) is 7.48. The van der Waals surface area contributed by atoms with E-state index in [-0.39, 0.29) is 0 Å². The van der Waals surface area contributed by atoms with Gasteiger partial charge in [0.1, 0.15) is 0 Å². The molecular formula is C14H24ClCuN4. The zero-order chi connectivity index (χ0) is 15.7. The first-order valence-electron chi connectivity index (χ1n) is 6.19. The summed E-state index contributed by atoms with van der Waals surface area (Å²) in [5.41, 5.74) is 2.27. The van der Waals surface area contributed by atoms with E-state index in [1.54, 1.807) is 0 Å². The Bertz CT molecular complexity index is 409. The van der Waals surface area contributed by atoms with Gasteiger partial charge in [0.05, 0.1) is 5.69 Å². The molecular weight excluding hydrogens is 323 g/mol. The number of aliphatic imine (C=N–C) groups is 1. The molecule has 0 saturated heterocycles. The molecule has 20 heavy (non-hydrogen) atoms. The van der Waals surface area contributed by atoms with Gasteiger partial charge in [0.25, 0.3) is 0 Å². The van der Waals surface area contributed by atoms with E-state index in [9.17, 15) is 0 Å². The summed E-state index contributed by atoms with van der Waals surface area (Å²) in [7, 11) is 16.4. The Morgan fingerprint density at radius 3 is 1.95 bits per heavy atom. The van der Waals surface area contributed by atoms with Gasteiger partial charge in [-0.3, -0.25) is 0 Å². The van der Waals surface area contributed by atoms with Crippen LogP contribution in [0, 0.1) is 0 Å². The van der Waals surface area contributed by atoms with Crippen molar-refractivity contribution >= 4 is 21.7 Å². The molecule has 1 rings (SSSR count). The van der Waals surface area contributed by atoms with Gasteiger partial charge in [-0.25, -0.2) is 4.99 Å². The van der Waals surface area contributed by atoms with Crippen LogP contribution in [0.4, 0.5) is 5.69 Å². The maximum absolute atomic E-state index is 4.75. The Kier molecular flexibility index (Phi) is 9.68. The molecule has 1 aromatic rings. The third kappa shape index (κ3) is 6.62. The first-order chi connectivity index (χ1) is 9.41. The van der Waals surface area contributed by atoms with E-state index in [1.807, 2.05) is 44.1 Å². The molecule has 0 radical (unpaired) electrons. The molecule has 0 aliphatic carbocycles. The summed E-state index contributed by atoms with van der Waals surface area (Å²) in [5.74, 6) is 0.946. The number of benzene rings is 1. The predicted octanol–water partition coefficient (Wildman–Crippen LogP) is 2.55. The predicted molar refractivity (Wildman–Crippen MR) is 84.2 cm³/mol. The Labute approximate surface area is 135 Å². The van der Waals surface area contributed by atoms with Crippen LogP contribution in [0.2, 0.25) is 0 Å². The van der Waals surface area contributed by atoms with Gasteiger partial charge in [0.15, 0.2) is 0 Å². The van der Waals surface area contributed by atoms with Crippen molar-refractivity contribution in [1.29, 1.82) is 0 Å². The van der Waals surface area contributed by atoms with E-state index in [2.05, 4.69) is 62.4 Å². The summed E-state index contributed by atoms with van der Waals surface area (Å²) < 4.78 is 0. The molecule has 0 spiro atoms. The molecule has 0 N–H and O–H groups in total. The van der Waals surface area contributed by atoms with Crippen LogP contribution in [0.25, 0.3) is 0 Å². The van der Waals surface area contributed by atoms with Gasteiger partial charge in [-0.15, -0.1) is 0 Å². The Hall–Kier alpha value is -0.741. The summed E-state index contributed by atoms with van der Waals surface area (Å²) in [6, 6.07) is 8.28. The summed E-state index contributed by atoms with van der Waals surface area (Å²) in [4.78, 5) is 10.9. The van der Waals surface area contributed by atoms with Gasteiger partial charge in [0, 0.05) is 34.7 Å². The molecule has 1 aromatic carbocycles. The molecule has 4 nitrogen and oxygen atoms in total. The first kappa shape index (κ1) is 19.3. The Morgan fingerprint density at radius 2 is 1.50 bits per heavy atom.